The third-order valence-corrected chi connectivity index (χ3v) is 3.44. The van der Waals surface area contributed by atoms with E-state index in [1.165, 1.54) is 48.6 Å². The Balaban J connectivity index is 2.74. The van der Waals surface area contributed by atoms with Crippen molar-refractivity contribution in [2.75, 3.05) is 0 Å². The zero-order valence-corrected chi connectivity index (χ0v) is 13.3. The molecule has 0 saturated heterocycles. The van der Waals surface area contributed by atoms with Gasteiger partial charge in [0.2, 0.25) is 24.3 Å². The van der Waals surface area contributed by atoms with Crippen molar-refractivity contribution in [1.29, 1.82) is 0 Å². The molecular formula is C17H8N4O6. The number of nitrogens with zero attached hydrogens (tertiary/aromatic N) is 4. The number of isocyanates is 4. The van der Waals surface area contributed by atoms with E-state index in [2.05, 4.69) is 20.0 Å². The molecule has 0 aromatic heterocycles. The fourth-order valence-electron chi connectivity index (χ4n) is 2.36. The third-order valence-electron chi connectivity index (χ3n) is 3.44. The van der Waals surface area contributed by atoms with Crippen LogP contribution in [-0.2, 0) is 25.6 Å². The summed E-state index contributed by atoms with van der Waals surface area (Å²) in [5.74, 6) is -0.835. The van der Waals surface area contributed by atoms with Gasteiger partial charge in [0, 0.05) is 6.42 Å². The number of benzene rings is 2. The third kappa shape index (κ3) is 3.97. The molecular weight excluding hydrogens is 356 g/mol. The Labute approximate surface area is 150 Å². The molecule has 10 nitrogen and oxygen atoms in total. The summed E-state index contributed by atoms with van der Waals surface area (Å²) in [6.07, 6.45) is 5.03. The van der Waals surface area contributed by atoms with E-state index in [-0.39, 0.29) is 29.2 Å². The molecule has 0 amide bonds. The van der Waals surface area contributed by atoms with Crippen molar-refractivity contribution in [3.63, 3.8) is 0 Å². The highest BCUT2D eigenvalue weighted by molar-refractivity contribution is 5.80. The molecule has 0 radical (unpaired) electrons. The molecule has 2 aromatic rings. The fraction of sp³-hybridized carbons (Fsp3) is 0.0588. The van der Waals surface area contributed by atoms with E-state index in [9.17, 15) is 29.4 Å². The molecule has 0 fully saturated rings. The maximum Gasteiger partial charge on any atom is 0.240 e. The van der Waals surface area contributed by atoms with E-state index in [1.54, 1.807) is 0 Å². The van der Waals surface area contributed by atoms with Gasteiger partial charge in [0.05, 0.1) is 0 Å². The van der Waals surface area contributed by atoms with E-state index in [0.29, 0.717) is 11.1 Å². The first-order valence-electron chi connectivity index (χ1n) is 7.08. The van der Waals surface area contributed by atoms with Gasteiger partial charge in [-0.1, -0.05) is 12.1 Å². The van der Waals surface area contributed by atoms with Gasteiger partial charge in [-0.2, -0.15) is 20.0 Å². The summed E-state index contributed by atoms with van der Waals surface area (Å²) >= 11 is 0. The highest BCUT2D eigenvalue weighted by atomic mass is 16.3. The zero-order chi connectivity index (χ0) is 19.8. The lowest BCUT2D eigenvalue weighted by Crippen LogP contribution is -1.91. The number of carbonyl (C=O) groups excluding carboxylic acids is 4. The van der Waals surface area contributed by atoms with Crippen molar-refractivity contribution < 1.29 is 29.4 Å². The Kier molecular flexibility index (Phi) is 6.02. The summed E-state index contributed by atoms with van der Waals surface area (Å²) in [5.41, 5.74) is -0.309. The number of aliphatic imine (C=N–C) groups is 4. The van der Waals surface area contributed by atoms with Crippen LogP contribution in [0.5, 0.6) is 11.5 Å². The van der Waals surface area contributed by atoms with Gasteiger partial charge in [0.15, 0.2) is 0 Å². The number of phenols is 2. The normalized spacial score (nSPS) is 9.19. The monoisotopic (exact) mass is 364 g/mol. The summed E-state index contributed by atoms with van der Waals surface area (Å²) < 4.78 is 0. The number of hydrogen-bond acceptors (Lipinski definition) is 10. The van der Waals surface area contributed by atoms with Crippen molar-refractivity contribution in [3.05, 3.63) is 35.4 Å². The Bertz CT molecular complexity index is 1010. The first-order chi connectivity index (χ1) is 13.1. The van der Waals surface area contributed by atoms with Crippen LogP contribution in [-0.4, -0.2) is 34.5 Å². The number of aromatic hydroxyl groups is 2. The van der Waals surface area contributed by atoms with E-state index in [1.807, 2.05) is 0 Å². The Hall–Kier alpha value is -4.44. The van der Waals surface area contributed by atoms with Gasteiger partial charge >= 0.3 is 0 Å². The largest absolute Gasteiger partial charge is 0.506 e. The molecule has 2 aromatic carbocycles. The minimum absolute atomic E-state index is 0.0512. The molecule has 0 aliphatic heterocycles. The summed E-state index contributed by atoms with van der Waals surface area (Å²) in [6, 6.07) is 5.20. The minimum Gasteiger partial charge on any atom is -0.506 e. The predicted molar refractivity (Wildman–Crippen MR) is 90.1 cm³/mol. The first-order valence-corrected chi connectivity index (χ1v) is 7.08. The van der Waals surface area contributed by atoms with Crippen molar-refractivity contribution in [3.8, 4) is 11.5 Å². The van der Waals surface area contributed by atoms with Crippen LogP contribution in [0.1, 0.15) is 11.1 Å². The second kappa shape index (κ2) is 8.60. The highest BCUT2D eigenvalue weighted by Crippen LogP contribution is 2.43. The molecule has 2 N–H and O–H groups in total. The molecule has 132 valence electrons. The molecule has 10 heteroatoms. The van der Waals surface area contributed by atoms with Crippen LogP contribution in [0.15, 0.2) is 44.2 Å². The second-order valence-electron chi connectivity index (χ2n) is 4.87. The maximum absolute atomic E-state index is 10.7. The van der Waals surface area contributed by atoms with Crippen LogP contribution in [0.2, 0.25) is 0 Å². The van der Waals surface area contributed by atoms with Crippen LogP contribution in [0, 0.1) is 0 Å². The Morgan fingerprint density at radius 3 is 1.26 bits per heavy atom. The topological polar surface area (TPSA) is 158 Å². The predicted octanol–water partition coefficient (Wildman–Crippen LogP) is 2.56. The van der Waals surface area contributed by atoms with Gasteiger partial charge in [-0.15, -0.1) is 0 Å². The fourth-order valence-corrected chi connectivity index (χ4v) is 2.36. The average Bonchev–Trinajstić information content (AvgIpc) is 2.65. The van der Waals surface area contributed by atoms with Crippen LogP contribution in [0.3, 0.4) is 0 Å². The van der Waals surface area contributed by atoms with Gasteiger partial charge in [0.25, 0.3) is 0 Å². The number of phenolic OH excluding ortho intramolecular Hbond substituents is 2. The van der Waals surface area contributed by atoms with Crippen LogP contribution in [0.25, 0.3) is 0 Å². The Morgan fingerprint density at radius 1 is 0.593 bits per heavy atom. The molecule has 0 bridgehead atoms. The Morgan fingerprint density at radius 2 is 0.926 bits per heavy atom. The van der Waals surface area contributed by atoms with E-state index < -0.39 is 11.5 Å². The highest BCUT2D eigenvalue weighted by Gasteiger charge is 2.17. The molecule has 0 saturated carbocycles. The van der Waals surface area contributed by atoms with Gasteiger partial charge in [-0.25, -0.2) is 19.2 Å². The molecule has 27 heavy (non-hydrogen) atoms. The van der Waals surface area contributed by atoms with Crippen LogP contribution >= 0.6 is 0 Å². The van der Waals surface area contributed by atoms with Crippen molar-refractivity contribution in [1.82, 2.24) is 0 Å². The molecule has 0 aliphatic rings. The summed E-state index contributed by atoms with van der Waals surface area (Å²) in [5, 5.41) is 19.6. The van der Waals surface area contributed by atoms with E-state index in [0.717, 1.165) is 0 Å². The summed E-state index contributed by atoms with van der Waals surface area (Å²) in [7, 11) is 0. The lowest BCUT2D eigenvalue weighted by molar-refractivity contribution is 0.476. The average molecular weight is 364 g/mol. The number of hydrogen-bond donors (Lipinski definition) is 2. The molecule has 0 aliphatic carbocycles. The van der Waals surface area contributed by atoms with Crippen LogP contribution < -0.4 is 0 Å². The second-order valence-corrected chi connectivity index (χ2v) is 4.87. The van der Waals surface area contributed by atoms with Crippen molar-refractivity contribution in [2.24, 2.45) is 20.0 Å². The molecule has 0 heterocycles. The standard InChI is InChI=1S/C17H8N4O6/c22-6-18-14-10(1-3-12(26)16(14)20-8-24)5-11-2-4-13(27)17(21-9-25)15(11)19-7-23/h1-4,26-27H,5H2. The zero-order valence-electron chi connectivity index (χ0n) is 13.3. The summed E-state index contributed by atoms with van der Waals surface area (Å²) in [4.78, 5) is 56.1. The van der Waals surface area contributed by atoms with Gasteiger partial charge < -0.3 is 10.2 Å². The smallest absolute Gasteiger partial charge is 0.240 e. The van der Waals surface area contributed by atoms with E-state index in [4.69, 9.17) is 0 Å². The lowest BCUT2D eigenvalue weighted by Gasteiger charge is -2.11. The van der Waals surface area contributed by atoms with E-state index >= 15 is 0 Å². The molecule has 0 atom stereocenters. The SMILES string of the molecule is O=C=Nc1c(O)ccc(Cc2ccc(O)c(N=C=O)c2N=C=O)c1N=C=O. The molecule has 2 rings (SSSR count). The van der Waals surface area contributed by atoms with Gasteiger partial charge in [-0.05, 0) is 23.3 Å². The van der Waals surface area contributed by atoms with Crippen molar-refractivity contribution in [2.45, 2.75) is 6.42 Å². The summed E-state index contributed by atoms with van der Waals surface area (Å²) in [6.45, 7) is 0. The van der Waals surface area contributed by atoms with Crippen LogP contribution in [0.4, 0.5) is 22.7 Å². The van der Waals surface area contributed by atoms with Gasteiger partial charge in [-0.3, -0.25) is 0 Å². The number of rotatable bonds is 6. The lowest BCUT2D eigenvalue weighted by atomic mass is 9.99. The maximum atomic E-state index is 10.7. The first kappa shape index (κ1) is 18.9. The molecule has 0 spiro atoms. The quantitative estimate of drug-likeness (QED) is 0.592. The van der Waals surface area contributed by atoms with Gasteiger partial charge in [0.1, 0.15) is 34.2 Å². The minimum atomic E-state index is -0.417. The molecule has 0 unspecified atom stereocenters. The van der Waals surface area contributed by atoms with Crippen molar-refractivity contribution >= 4 is 47.1 Å².